The van der Waals surface area contributed by atoms with Crippen LogP contribution in [0.25, 0.3) is 0 Å². The Labute approximate surface area is 143 Å². The second-order valence-corrected chi connectivity index (χ2v) is 5.83. The maximum Gasteiger partial charge on any atom is 0.255 e. The molecule has 0 saturated heterocycles. The molecule has 4 nitrogen and oxygen atoms in total. The number of nitrogens with one attached hydrogen (secondary N) is 1. The van der Waals surface area contributed by atoms with E-state index < -0.39 is 0 Å². The highest BCUT2D eigenvalue weighted by Gasteiger charge is 2.14. The minimum absolute atomic E-state index is 0.0252. The fourth-order valence-corrected chi connectivity index (χ4v) is 2.60. The third-order valence-electron chi connectivity index (χ3n) is 4.06. The molecule has 2 aromatic rings. The van der Waals surface area contributed by atoms with Gasteiger partial charge in [0, 0.05) is 29.9 Å². The summed E-state index contributed by atoms with van der Waals surface area (Å²) in [5.41, 5.74) is 3.82. The first-order chi connectivity index (χ1) is 11.5. The first kappa shape index (κ1) is 17.7. The van der Waals surface area contributed by atoms with Crippen LogP contribution in [0.15, 0.2) is 42.5 Å². The Morgan fingerprint density at radius 2 is 1.71 bits per heavy atom. The van der Waals surface area contributed by atoms with E-state index in [9.17, 15) is 9.59 Å². The van der Waals surface area contributed by atoms with Gasteiger partial charge in [-0.25, -0.2) is 0 Å². The van der Waals surface area contributed by atoms with E-state index in [0.29, 0.717) is 29.9 Å². The second kappa shape index (κ2) is 7.77. The van der Waals surface area contributed by atoms with Crippen molar-refractivity contribution in [3.05, 3.63) is 64.7 Å². The summed E-state index contributed by atoms with van der Waals surface area (Å²) < 4.78 is 0. The average Bonchev–Trinajstić information content (AvgIpc) is 2.58. The number of nitrogens with zero attached hydrogens (tertiary/aromatic N) is 1. The number of benzene rings is 2. The predicted octanol–water partition coefficient (Wildman–Crippen LogP) is 4.04. The van der Waals surface area contributed by atoms with Crippen LogP contribution >= 0.6 is 0 Å². The fourth-order valence-electron chi connectivity index (χ4n) is 2.60. The molecule has 0 saturated carbocycles. The molecule has 2 aromatic carbocycles. The number of hydrogen-bond donors (Lipinski definition) is 1. The molecule has 24 heavy (non-hydrogen) atoms. The Bertz CT molecular complexity index is 749. The van der Waals surface area contributed by atoms with Crippen molar-refractivity contribution < 1.29 is 9.59 Å². The van der Waals surface area contributed by atoms with Crippen LogP contribution in [0.3, 0.4) is 0 Å². The van der Waals surface area contributed by atoms with Crippen molar-refractivity contribution >= 4 is 17.5 Å². The lowest BCUT2D eigenvalue weighted by Crippen LogP contribution is -2.30. The fraction of sp³-hybridized carbons (Fsp3) is 0.300. The van der Waals surface area contributed by atoms with Crippen LogP contribution in [-0.2, 0) is 0 Å². The molecule has 0 atom stereocenters. The van der Waals surface area contributed by atoms with E-state index in [2.05, 4.69) is 5.32 Å². The Morgan fingerprint density at radius 3 is 2.38 bits per heavy atom. The van der Waals surface area contributed by atoms with Crippen molar-refractivity contribution in [1.29, 1.82) is 0 Å². The summed E-state index contributed by atoms with van der Waals surface area (Å²) in [6.07, 6.45) is 0. The van der Waals surface area contributed by atoms with E-state index in [1.807, 2.05) is 45.9 Å². The number of carbonyl (C=O) groups is 2. The quantitative estimate of drug-likeness (QED) is 0.902. The highest BCUT2D eigenvalue weighted by molar-refractivity contribution is 6.06. The molecule has 0 spiro atoms. The molecule has 2 rings (SSSR count). The maximum absolute atomic E-state index is 12.5. The Kier molecular flexibility index (Phi) is 5.74. The van der Waals surface area contributed by atoms with Gasteiger partial charge < -0.3 is 10.2 Å². The largest absolute Gasteiger partial charge is 0.339 e. The minimum atomic E-state index is -0.163. The summed E-state index contributed by atoms with van der Waals surface area (Å²) in [4.78, 5) is 26.7. The van der Waals surface area contributed by atoms with E-state index in [1.165, 1.54) is 0 Å². The average molecular weight is 324 g/mol. The van der Waals surface area contributed by atoms with E-state index >= 15 is 0 Å². The maximum atomic E-state index is 12.5. The molecule has 0 bridgehead atoms. The molecule has 0 aliphatic rings. The van der Waals surface area contributed by atoms with Crippen molar-refractivity contribution in [3.8, 4) is 0 Å². The monoisotopic (exact) mass is 324 g/mol. The molecule has 0 heterocycles. The van der Waals surface area contributed by atoms with Crippen LogP contribution in [0.1, 0.15) is 45.7 Å². The summed E-state index contributed by atoms with van der Waals surface area (Å²) in [6.45, 7) is 9.10. The molecule has 0 radical (unpaired) electrons. The molecular formula is C20H24N2O2. The molecule has 4 heteroatoms. The van der Waals surface area contributed by atoms with E-state index in [4.69, 9.17) is 0 Å². The lowest BCUT2D eigenvalue weighted by Gasteiger charge is -2.19. The summed E-state index contributed by atoms with van der Waals surface area (Å²) in [5, 5.41) is 2.89. The first-order valence-electron chi connectivity index (χ1n) is 8.24. The van der Waals surface area contributed by atoms with Gasteiger partial charge in [0.05, 0.1) is 0 Å². The van der Waals surface area contributed by atoms with Gasteiger partial charge in [0.25, 0.3) is 11.8 Å². The molecular weight excluding hydrogens is 300 g/mol. The SMILES string of the molecule is CCN(CC)C(=O)c1cccc(NC(=O)c2cc(C)ccc2C)c1. The lowest BCUT2D eigenvalue weighted by atomic mass is 10.0. The van der Waals surface area contributed by atoms with Gasteiger partial charge in [0.1, 0.15) is 0 Å². The van der Waals surface area contributed by atoms with Crippen molar-refractivity contribution in [2.45, 2.75) is 27.7 Å². The first-order valence-corrected chi connectivity index (χ1v) is 8.24. The molecule has 126 valence electrons. The van der Waals surface area contributed by atoms with Gasteiger partial charge in [-0.3, -0.25) is 9.59 Å². The van der Waals surface area contributed by atoms with Gasteiger partial charge >= 0.3 is 0 Å². The normalized spacial score (nSPS) is 10.3. The number of anilines is 1. The van der Waals surface area contributed by atoms with Crippen molar-refractivity contribution in [2.75, 3.05) is 18.4 Å². The summed E-state index contributed by atoms with van der Waals surface area (Å²) in [7, 11) is 0. The van der Waals surface area contributed by atoms with Crippen LogP contribution in [0.5, 0.6) is 0 Å². The van der Waals surface area contributed by atoms with E-state index in [0.717, 1.165) is 11.1 Å². The zero-order chi connectivity index (χ0) is 17.7. The number of hydrogen-bond acceptors (Lipinski definition) is 2. The number of aryl methyl sites for hydroxylation is 2. The van der Waals surface area contributed by atoms with Crippen LogP contribution in [-0.4, -0.2) is 29.8 Å². The third-order valence-corrected chi connectivity index (χ3v) is 4.06. The molecule has 0 aliphatic heterocycles. The zero-order valence-electron chi connectivity index (χ0n) is 14.7. The van der Waals surface area contributed by atoms with E-state index in [1.54, 1.807) is 29.2 Å². The van der Waals surface area contributed by atoms with Gasteiger partial charge in [-0.2, -0.15) is 0 Å². The highest BCUT2D eigenvalue weighted by atomic mass is 16.2. The summed E-state index contributed by atoms with van der Waals surface area (Å²) >= 11 is 0. The van der Waals surface area contributed by atoms with Crippen molar-refractivity contribution in [3.63, 3.8) is 0 Å². The number of carbonyl (C=O) groups excluding carboxylic acids is 2. The minimum Gasteiger partial charge on any atom is -0.339 e. The van der Waals surface area contributed by atoms with Crippen LogP contribution < -0.4 is 5.32 Å². The second-order valence-electron chi connectivity index (χ2n) is 5.83. The van der Waals surface area contributed by atoms with Crippen molar-refractivity contribution in [1.82, 2.24) is 4.90 Å². The lowest BCUT2D eigenvalue weighted by molar-refractivity contribution is 0.0772. The number of amides is 2. The number of rotatable bonds is 5. The summed E-state index contributed by atoms with van der Waals surface area (Å²) in [6, 6.07) is 12.9. The molecule has 1 N–H and O–H groups in total. The predicted molar refractivity (Wildman–Crippen MR) is 97.6 cm³/mol. The third kappa shape index (κ3) is 4.02. The van der Waals surface area contributed by atoms with Gasteiger partial charge in [0.2, 0.25) is 0 Å². The smallest absolute Gasteiger partial charge is 0.255 e. The topological polar surface area (TPSA) is 49.4 Å². The van der Waals surface area contributed by atoms with Gasteiger partial charge in [-0.05, 0) is 57.5 Å². The zero-order valence-corrected chi connectivity index (χ0v) is 14.7. The Hall–Kier alpha value is -2.62. The molecule has 0 aliphatic carbocycles. The Morgan fingerprint density at radius 1 is 1.00 bits per heavy atom. The summed E-state index contributed by atoms with van der Waals surface area (Å²) in [5.74, 6) is -0.188. The van der Waals surface area contributed by atoms with Crippen molar-refractivity contribution in [2.24, 2.45) is 0 Å². The van der Waals surface area contributed by atoms with Gasteiger partial charge in [-0.1, -0.05) is 23.8 Å². The van der Waals surface area contributed by atoms with Crippen LogP contribution in [0.2, 0.25) is 0 Å². The Balaban J connectivity index is 2.22. The van der Waals surface area contributed by atoms with Crippen LogP contribution in [0, 0.1) is 13.8 Å². The van der Waals surface area contributed by atoms with Crippen LogP contribution in [0.4, 0.5) is 5.69 Å². The standard InChI is InChI=1S/C20H24N2O2/c1-5-22(6-2)20(24)16-8-7-9-17(13-16)21-19(23)18-12-14(3)10-11-15(18)4/h7-13H,5-6H2,1-4H3,(H,21,23). The molecule has 0 unspecified atom stereocenters. The van der Waals surface area contributed by atoms with E-state index in [-0.39, 0.29) is 11.8 Å². The molecule has 2 amide bonds. The molecule has 0 aromatic heterocycles. The molecule has 0 fully saturated rings. The van der Waals surface area contributed by atoms with Gasteiger partial charge in [0.15, 0.2) is 0 Å². The van der Waals surface area contributed by atoms with Gasteiger partial charge in [-0.15, -0.1) is 0 Å². The highest BCUT2D eigenvalue weighted by Crippen LogP contribution is 2.16.